The number of hydrogen-bond acceptors (Lipinski definition) is 4. The zero-order valence-electron chi connectivity index (χ0n) is 18.5. The van der Waals surface area contributed by atoms with Crippen LogP contribution in [0.1, 0.15) is 28.8 Å². The number of pyridine rings is 1. The van der Waals surface area contributed by atoms with Crippen molar-refractivity contribution in [3.63, 3.8) is 0 Å². The topological polar surface area (TPSA) is 78.2 Å². The molecule has 0 radical (unpaired) electrons. The third-order valence-corrected chi connectivity index (χ3v) is 6.19. The maximum atomic E-state index is 13.1. The number of nitrogens with zero attached hydrogens (tertiary/aromatic N) is 3. The summed E-state index contributed by atoms with van der Waals surface area (Å²) in [5, 5.41) is 8.86. The van der Waals surface area contributed by atoms with E-state index in [-0.39, 0.29) is 17.5 Å². The van der Waals surface area contributed by atoms with Gasteiger partial charge in [-0.3, -0.25) is 14.3 Å². The lowest BCUT2D eigenvalue weighted by atomic mass is 10.1. The molecule has 0 saturated carbocycles. The average Bonchev–Trinajstić information content (AvgIpc) is 3.27. The minimum absolute atomic E-state index is 0.0545. The summed E-state index contributed by atoms with van der Waals surface area (Å²) in [4.78, 5) is 25.8. The van der Waals surface area contributed by atoms with Crippen LogP contribution in [0, 0.1) is 0 Å². The quantitative estimate of drug-likeness (QED) is 0.514. The molecular formula is C26H26N4O3. The predicted octanol–water partition coefficient (Wildman–Crippen LogP) is 3.36. The van der Waals surface area contributed by atoms with E-state index >= 15 is 0 Å². The predicted molar refractivity (Wildman–Crippen MR) is 127 cm³/mol. The van der Waals surface area contributed by atoms with Crippen molar-refractivity contribution in [1.82, 2.24) is 19.7 Å². The average molecular weight is 443 g/mol. The number of nitrogens with one attached hydrogen (secondary N) is 1. The van der Waals surface area contributed by atoms with Gasteiger partial charge in [-0.2, -0.15) is 5.10 Å². The molecule has 7 heteroatoms. The van der Waals surface area contributed by atoms with Gasteiger partial charge in [0.2, 0.25) is 0 Å². The number of aryl methyl sites for hydroxylation is 1. The Balaban J connectivity index is 1.37. The van der Waals surface area contributed by atoms with Gasteiger partial charge in [-0.05, 0) is 60.2 Å². The van der Waals surface area contributed by atoms with Gasteiger partial charge in [-0.15, -0.1) is 0 Å². The molecule has 7 nitrogen and oxygen atoms in total. The zero-order chi connectivity index (χ0) is 22.8. The van der Waals surface area contributed by atoms with E-state index < -0.39 is 0 Å². The first-order valence-corrected chi connectivity index (χ1v) is 11.2. The minimum Gasteiger partial charge on any atom is -0.381 e. The Morgan fingerprint density at radius 1 is 1.12 bits per heavy atom. The fourth-order valence-corrected chi connectivity index (χ4v) is 4.35. The zero-order valence-corrected chi connectivity index (χ0v) is 18.5. The van der Waals surface area contributed by atoms with Crippen LogP contribution in [0.4, 0.5) is 0 Å². The van der Waals surface area contributed by atoms with Crippen molar-refractivity contribution in [1.29, 1.82) is 0 Å². The monoisotopic (exact) mass is 442 g/mol. The lowest BCUT2D eigenvalue weighted by molar-refractivity contribution is 0.0696. The Bertz CT molecular complexity index is 1370. The molecule has 0 atom stereocenters. The van der Waals surface area contributed by atoms with Crippen LogP contribution in [0.3, 0.4) is 0 Å². The van der Waals surface area contributed by atoms with Gasteiger partial charge in [-0.25, -0.2) is 0 Å². The van der Waals surface area contributed by atoms with Crippen molar-refractivity contribution >= 4 is 16.7 Å². The summed E-state index contributed by atoms with van der Waals surface area (Å²) in [6.07, 6.45) is 5.24. The van der Waals surface area contributed by atoms with E-state index in [0.29, 0.717) is 30.7 Å². The Labute approximate surface area is 191 Å². The van der Waals surface area contributed by atoms with Crippen LogP contribution < -0.4 is 10.9 Å². The van der Waals surface area contributed by atoms with Crippen molar-refractivity contribution in [2.45, 2.75) is 25.4 Å². The number of carbonyl (C=O) groups is 1. The molecule has 3 heterocycles. The highest BCUT2D eigenvalue weighted by Crippen LogP contribution is 2.22. The Hall–Kier alpha value is -3.71. The SMILES string of the molecule is Cn1nccc1-c1ccc2c(=O)n(Cc3cccc(C(=O)NC4CCOCC4)c3)ccc2c1. The van der Waals surface area contributed by atoms with Crippen LogP contribution in [0.5, 0.6) is 0 Å². The van der Waals surface area contributed by atoms with E-state index in [0.717, 1.165) is 35.0 Å². The van der Waals surface area contributed by atoms with Gasteiger partial charge < -0.3 is 14.6 Å². The molecule has 5 rings (SSSR count). The van der Waals surface area contributed by atoms with Gasteiger partial charge in [0, 0.05) is 55.2 Å². The van der Waals surface area contributed by atoms with Crippen LogP contribution in [0.2, 0.25) is 0 Å². The van der Waals surface area contributed by atoms with Crippen molar-refractivity contribution in [3.8, 4) is 11.3 Å². The maximum Gasteiger partial charge on any atom is 0.258 e. The first kappa shape index (κ1) is 21.2. The van der Waals surface area contributed by atoms with Crippen LogP contribution >= 0.6 is 0 Å². The van der Waals surface area contributed by atoms with Gasteiger partial charge in [0.05, 0.1) is 12.2 Å². The van der Waals surface area contributed by atoms with Gasteiger partial charge in [-0.1, -0.05) is 18.2 Å². The molecule has 168 valence electrons. The Morgan fingerprint density at radius 3 is 2.76 bits per heavy atom. The minimum atomic E-state index is -0.0858. The maximum absolute atomic E-state index is 13.1. The molecule has 2 aromatic heterocycles. The summed E-state index contributed by atoms with van der Waals surface area (Å²) in [6.45, 7) is 1.76. The van der Waals surface area contributed by atoms with Crippen LogP contribution in [-0.4, -0.2) is 39.5 Å². The molecule has 1 saturated heterocycles. The van der Waals surface area contributed by atoms with E-state index in [1.54, 1.807) is 16.8 Å². The van der Waals surface area contributed by atoms with Crippen LogP contribution in [0.25, 0.3) is 22.0 Å². The van der Waals surface area contributed by atoms with Gasteiger partial charge >= 0.3 is 0 Å². The second-order valence-corrected chi connectivity index (χ2v) is 8.45. The van der Waals surface area contributed by atoms with Crippen LogP contribution in [0.15, 0.2) is 71.8 Å². The standard InChI is InChI=1S/C26H26N4O3/c1-29-24(7-11-27-29)20-5-6-23-19(16-20)8-12-30(26(23)32)17-18-3-2-4-21(15-18)25(31)28-22-9-13-33-14-10-22/h2-8,11-12,15-16,22H,9-10,13-14,17H2,1H3,(H,28,31). The number of carbonyl (C=O) groups excluding carboxylic acids is 1. The highest BCUT2D eigenvalue weighted by Gasteiger charge is 2.17. The third-order valence-electron chi connectivity index (χ3n) is 6.19. The highest BCUT2D eigenvalue weighted by atomic mass is 16.5. The summed E-state index contributed by atoms with van der Waals surface area (Å²) < 4.78 is 8.85. The van der Waals surface area contributed by atoms with E-state index in [9.17, 15) is 9.59 Å². The highest BCUT2D eigenvalue weighted by molar-refractivity contribution is 5.94. The Morgan fingerprint density at radius 2 is 1.97 bits per heavy atom. The first-order chi connectivity index (χ1) is 16.1. The second-order valence-electron chi connectivity index (χ2n) is 8.45. The lowest BCUT2D eigenvalue weighted by Crippen LogP contribution is -2.38. The summed E-state index contributed by atoms with van der Waals surface area (Å²) in [5.41, 5.74) is 3.47. The number of aromatic nitrogens is 3. The van der Waals surface area contributed by atoms with Gasteiger partial charge in [0.25, 0.3) is 11.5 Å². The molecule has 4 aromatic rings. The number of benzene rings is 2. The molecule has 33 heavy (non-hydrogen) atoms. The summed E-state index contributed by atoms with van der Waals surface area (Å²) in [7, 11) is 1.90. The molecule has 1 N–H and O–H groups in total. The molecule has 1 aliphatic heterocycles. The van der Waals surface area contributed by atoms with Crippen molar-refractivity contribution in [2.24, 2.45) is 7.05 Å². The number of rotatable bonds is 5. The van der Waals surface area contributed by atoms with Gasteiger partial charge in [0.1, 0.15) is 0 Å². The Kier molecular flexibility index (Phi) is 5.79. The van der Waals surface area contributed by atoms with E-state index in [2.05, 4.69) is 10.4 Å². The van der Waals surface area contributed by atoms with E-state index in [4.69, 9.17) is 4.74 Å². The van der Waals surface area contributed by atoms with E-state index in [1.165, 1.54) is 0 Å². The molecule has 1 fully saturated rings. The molecule has 0 spiro atoms. The number of amides is 1. The lowest BCUT2D eigenvalue weighted by Gasteiger charge is -2.23. The van der Waals surface area contributed by atoms with Gasteiger partial charge in [0.15, 0.2) is 0 Å². The third kappa shape index (κ3) is 4.45. The number of fused-ring (bicyclic) bond motifs is 1. The fourth-order valence-electron chi connectivity index (χ4n) is 4.35. The molecule has 2 aromatic carbocycles. The fraction of sp³-hybridized carbons (Fsp3) is 0.269. The number of hydrogen-bond donors (Lipinski definition) is 1. The normalized spacial score (nSPS) is 14.5. The first-order valence-electron chi connectivity index (χ1n) is 11.2. The van der Waals surface area contributed by atoms with Crippen LogP contribution in [-0.2, 0) is 18.3 Å². The smallest absolute Gasteiger partial charge is 0.258 e. The summed E-state index contributed by atoms with van der Waals surface area (Å²) >= 11 is 0. The largest absolute Gasteiger partial charge is 0.381 e. The van der Waals surface area contributed by atoms with E-state index in [1.807, 2.05) is 66.5 Å². The second kappa shape index (κ2) is 9.03. The van der Waals surface area contributed by atoms with Crippen molar-refractivity contribution in [2.75, 3.05) is 13.2 Å². The van der Waals surface area contributed by atoms with Crippen molar-refractivity contribution < 1.29 is 9.53 Å². The summed E-state index contributed by atoms with van der Waals surface area (Å²) in [5.74, 6) is -0.0858. The summed E-state index contributed by atoms with van der Waals surface area (Å²) in [6, 6.07) is 17.4. The molecule has 0 unspecified atom stereocenters. The molecule has 0 bridgehead atoms. The molecule has 0 aliphatic carbocycles. The molecule has 1 amide bonds. The number of ether oxygens (including phenoxy) is 1. The molecular weight excluding hydrogens is 416 g/mol. The molecule has 1 aliphatic rings. The van der Waals surface area contributed by atoms with Crippen molar-refractivity contribution in [3.05, 3.63) is 88.5 Å².